The molecule has 0 spiro atoms. The van der Waals surface area contributed by atoms with Gasteiger partial charge in [-0.05, 0) is 30.3 Å². The quantitative estimate of drug-likeness (QED) is 0.407. The summed E-state index contributed by atoms with van der Waals surface area (Å²) in [4.78, 5) is 36.2. The average Bonchev–Trinajstić information content (AvgIpc) is 2.60. The molecule has 0 aliphatic heterocycles. The summed E-state index contributed by atoms with van der Waals surface area (Å²) in [5.41, 5.74) is 5.92. The summed E-state index contributed by atoms with van der Waals surface area (Å²) < 4.78 is 0. The molecule has 7 nitrogen and oxygen atoms in total. The molecular weight excluding hydrogens is 342 g/mol. The number of nitrogens with one attached hydrogen (secondary N) is 2. The number of thioether (sulfide) groups is 1. The Bertz CT molecular complexity index is 448. The number of carboxylic acid groups (broad SMARTS) is 1. The molecule has 8 heteroatoms. The van der Waals surface area contributed by atoms with E-state index in [-0.39, 0.29) is 17.7 Å². The first-order valence-corrected chi connectivity index (χ1v) is 10.2. The summed E-state index contributed by atoms with van der Waals surface area (Å²) in [6, 6.07) is -2.46. The second-order valence-corrected chi connectivity index (χ2v) is 7.45. The van der Waals surface area contributed by atoms with Crippen LogP contribution in [-0.4, -0.2) is 53.0 Å². The lowest BCUT2D eigenvalue weighted by Crippen LogP contribution is -2.56. The minimum Gasteiger partial charge on any atom is -0.480 e. The topological polar surface area (TPSA) is 122 Å². The minimum absolute atomic E-state index is 0.00357. The molecule has 0 aromatic heterocycles. The van der Waals surface area contributed by atoms with E-state index in [9.17, 15) is 19.5 Å². The van der Waals surface area contributed by atoms with Crippen LogP contribution in [0.15, 0.2) is 0 Å². The Morgan fingerprint density at radius 1 is 1.04 bits per heavy atom. The molecule has 146 valence electrons. The van der Waals surface area contributed by atoms with Crippen LogP contribution < -0.4 is 16.4 Å². The number of rotatable bonds is 12. The van der Waals surface area contributed by atoms with Crippen molar-refractivity contribution in [2.45, 2.75) is 65.1 Å². The highest BCUT2D eigenvalue weighted by Gasteiger charge is 2.30. The molecule has 0 aliphatic rings. The first-order chi connectivity index (χ1) is 11.7. The Hall–Kier alpha value is -1.28. The maximum atomic E-state index is 12.5. The van der Waals surface area contributed by atoms with Crippen LogP contribution in [-0.2, 0) is 14.4 Å². The number of nitrogens with two attached hydrogens (primary N) is 1. The molecular formula is C17H33N3O4S. The zero-order chi connectivity index (χ0) is 19.6. The van der Waals surface area contributed by atoms with Crippen LogP contribution in [0.25, 0.3) is 0 Å². The normalized spacial score (nSPS) is 17.0. The van der Waals surface area contributed by atoms with E-state index in [0.717, 1.165) is 6.42 Å². The van der Waals surface area contributed by atoms with Gasteiger partial charge in [0, 0.05) is 0 Å². The van der Waals surface area contributed by atoms with Gasteiger partial charge in [-0.2, -0.15) is 11.8 Å². The average molecular weight is 376 g/mol. The smallest absolute Gasteiger partial charge is 0.326 e. The molecule has 0 saturated carbocycles. The molecule has 2 amide bonds. The van der Waals surface area contributed by atoms with Gasteiger partial charge in [0.25, 0.3) is 0 Å². The molecule has 0 bridgehead atoms. The van der Waals surface area contributed by atoms with Gasteiger partial charge in [-0.25, -0.2) is 4.79 Å². The highest BCUT2D eigenvalue weighted by molar-refractivity contribution is 7.98. The standard InChI is InChI=1S/C17H33N3O4S/c1-6-10(3)13(18)16(22)19-12(8-9-25-5)15(21)20-14(17(23)24)11(4)7-2/h10-14H,6-9,18H2,1-5H3,(H,19,22)(H,20,21)(H,23,24). The number of carbonyl (C=O) groups is 3. The lowest BCUT2D eigenvalue weighted by Gasteiger charge is -2.26. The zero-order valence-corrected chi connectivity index (χ0v) is 16.7. The lowest BCUT2D eigenvalue weighted by atomic mass is 9.98. The summed E-state index contributed by atoms with van der Waals surface area (Å²) in [7, 11) is 0. The third-order valence-electron chi connectivity index (χ3n) is 4.58. The van der Waals surface area contributed by atoms with Crippen LogP contribution in [0.2, 0.25) is 0 Å². The van der Waals surface area contributed by atoms with Crippen molar-refractivity contribution in [3.63, 3.8) is 0 Å². The van der Waals surface area contributed by atoms with Gasteiger partial charge in [0.05, 0.1) is 6.04 Å². The third kappa shape index (κ3) is 8.09. The summed E-state index contributed by atoms with van der Waals surface area (Å²) in [5.74, 6) is -1.49. The van der Waals surface area contributed by atoms with Crippen molar-refractivity contribution in [1.82, 2.24) is 10.6 Å². The van der Waals surface area contributed by atoms with Gasteiger partial charge in [0.2, 0.25) is 11.8 Å². The maximum Gasteiger partial charge on any atom is 0.326 e. The van der Waals surface area contributed by atoms with Gasteiger partial charge in [-0.15, -0.1) is 0 Å². The molecule has 0 rings (SSSR count). The van der Waals surface area contributed by atoms with E-state index in [4.69, 9.17) is 5.73 Å². The molecule has 0 aliphatic carbocycles. The number of carboxylic acids is 1. The Balaban J connectivity index is 5.08. The monoisotopic (exact) mass is 375 g/mol. The number of aliphatic carboxylic acids is 1. The van der Waals surface area contributed by atoms with Gasteiger partial charge in [0.1, 0.15) is 12.1 Å². The largest absolute Gasteiger partial charge is 0.480 e. The van der Waals surface area contributed by atoms with Crippen LogP contribution in [0.3, 0.4) is 0 Å². The number of hydrogen-bond donors (Lipinski definition) is 4. The van der Waals surface area contributed by atoms with Crippen molar-refractivity contribution >= 4 is 29.5 Å². The van der Waals surface area contributed by atoms with Crippen molar-refractivity contribution < 1.29 is 19.5 Å². The Morgan fingerprint density at radius 3 is 2.04 bits per heavy atom. The van der Waals surface area contributed by atoms with Crippen LogP contribution in [0.4, 0.5) is 0 Å². The number of carbonyl (C=O) groups excluding carboxylic acids is 2. The molecule has 0 aromatic carbocycles. The van der Waals surface area contributed by atoms with Crippen molar-refractivity contribution in [3.05, 3.63) is 0 Å². The highest BCUT2D eigenvalue weighted by atomic mass is 32.2. The van der Waals surface area contributed by atoms with Crippen LogP contribution in [0.1, 0.15) is 47.0 Å². The predicted octanol–water partition coefficient (Wildman–Crippen LogP) is 1.21. The van der Waals surface area contributed by atoms with Crippen molar-refractivity contribution in [3.8, 4) is 0 Å². The first kappa shape index (κ1) is 23.7. The molecule has 5 atom stereocenters. The van der Waals surface area contributed by atoms with Crippen molar-refractivity contribution in [2.24, 2.45) is 17.6 Å². The second-order valence-electron chi connectivity index (χ2n) is 6.46. The molecule has 5 unspecified atom stereocenters. The summed E-state index contributed by atoms with van der Waals surface area (Å²) in [6.45, 7) is 7.46. The Morgan fingerprint density at radius 2 is 1.60 bits per heavy atom. The van der Waals surface area contributed by atoms with Crippen LogP contribution >= 0.6 is 11.8 Å². The Labute approximate surface area is 154 Å². The van der Waals surface area contributed by atoms with E-state index >= 15 is 0 Å². The molecule has 0 saturated heterocycles. The van der Waals surface area contributed by atoms with Crippen molar-refractivity contribution in [2.75, 3.05) is 12.0 Å². The second kappa shape index (κ2) is 12.1. The fraction of sp³-hybridized carbons (Fsp3) is 0.824. The van der Waals surface area contributed by atoms with Crippen LogP contribution in [0.5, 0.6) is 0 Å². The molecule has 25 heavy (non-hydrogen) atoms. The molecule has 0 heterocycles. The number of hydrogen-bond acceptors (Lipinski definition) is 5. The molecule has 0 radical (unpaired) electrons. The maximum absolute atomic E-state index is 12.5. The van der Waals surface area contributed by atoms with Gasteiger partial charge >= 0.3 is 5.97 Å². The van der Waals surface area contributed by atoms with Crippen LogP contribution in [0, 0.1) is 11.8 Å². The lowest BCUT2D eigenvalue weighted by molar-refractivity contribution is -0.143. The summed E-state index contributed by atoms with van der Waals surface area (Å²) in [6.07, 6.45) is 3.70. The predicted molar refractivity (Wildman–Crippen MR) is 101 cm³/mol. The zero-order valence-electron chi connectivity index (χ0n) is 15.9. The van der Waals surface area contributed by atoms with Gasteiger partial charge in [-0.3, -0.25) is 9.59 Å². The highest BCUT2D eigenvalue weighted by Crippen LogP contribution is 2.10. The molecule has 0 fully saturated rings. The van der Waals surface area contributed by atoms with Gasteiger partial charge in [0.15, 0.2) is 0 Å². The minimum atomic E-state index is -1.08. The summed E-state index contributed by atoms with van der Waals surface area (Å²) >= 11 is 1.55. The van der Waals surface area contributed by atoms with Crippen molar-refractivity contribution in [1.29, 1.82) is 0 Å². The van der Waals surface area contributed by atoms with E-state index in [1.165, 1.54) is 0 Å². The first-order valence-electron chi connectivity index (χ1n) is 8.77. The van der Waals surface area contributed by atoms with E-state index in [0.29, 0.717) is 18.6 Å². The molecule has 5 N–H and O–H groups in total. The SMILES string of the molecule is CCC(C)C(N)C(=O)NC(CCSC)C(=O)NC(C(=O)O)C(C)CC. The summed E-state index contributed by atoms with van der Waals surface area (Å²) in [5, 5.41) is 14.6. The number of amides is 2. The van der Waals surface area contributed by atoms with E-state index < -0.39 is 30.0 Å². The van der Waals surface area contributed by atoms with Gasteiger partial charge < -0.3 is 21.5 Å². The van der Waals surface area contributed by atoms with E-state index in [1.807, 2.05) is 27.0 Å². The van der Waals surface area contributed by atoms with E-state index in [2.05, 4.69) is 10.6 Å². The van der Waals surface area contributed by atoms with E-state index in [1.54, 1.807) is 18.7 Å². The Kier molecular flexibility index (Phi) is 11.5. The molecule has 0 aromatic rings. The third-order valence-corrected chi connectivity index (χ3v) is 5.22. The fourth-order valence-corrected chi connectivity index (χ4v) is 2.69. The van der Waals surface area contributed by atoms with Gasteiger partial charge in [-0.1, -0.05) is 40.5 Å². The fourth-order valence-electron chi connectivity index (χ4n) is 2.22.